The van der Waals surface area contributed by atoms with Gasteiger partial charge in [-0.2, -0.15) is 0 Å². The lowest BCUT2D eigenvalue weighted by Crippen LogP contribution is -2.39. The highest BCUT2D eigenvalue weighted by atomic mass is 32.2. The molecule has 0 amide bonds. The first kappa shape index (κ1) is 36.7. The van der Waals surface area contributed by atoms with Crippen LogP contribution >= 0.6 is 47.0 Å². The molecule has 4 aromatic rings. The Balaban J connectivity index is 0.000000295. The molecule has 2 atom stereocenters. The summed E-state index contributed by atoms with van der Waals surface area (Å²) in [6.45, 7) is -0.658. The fourth-order valence-corrected chi connectivity index (χ4v) is 5.63. The van der Waals surface area contributed by atoms with Gasteiger partial charge in [-0.25, -0.2) is 0 Å². The highest BCUT2D eigenvalue weighted by Gasteiger charge is 2.37. The molecule has 0 aliphatic rings. The van der Waals surface area contributed by atoms with E-state index in [1.807, 2.05) is 73.6 Å². The number of Topliss-reactive ketones (excluding diaryl/α,β-unsaturated/α-hetero) is 2. The van der Waals surface area contributed by atoms with Gasteiger partial charge in [0, 0.05) is 30.7 Å². The van der Waals surface area contributed by atoms with E-state index in [0.29, 0.717) is 22.3 Å². The molecule has 0 saturated heterocycles. The van der Waals surface area contributed by atoms with Crippen LogP contribution in [0.25, 0.3) is 0 Å². The second-order valence-corrected chi connectivity index (χ2v) is 12.6. The molecular formula is C34H38O5S4. The van der Waals surface area contributed by atoms with Crippen LogP contribution < -0.4 is 0 Å². The van der Waals surface area contributed by atoms with Crippen LogP contribution in [0.2, 0.25) is 0 Å². The van der Waals surface area contributed by atoms with Crippen LogP contribution in [-0.4, -0.2) is 58.5 Å². The number of hydrogen-bond acceptors (Lipinski definition) is 9. The summed E-state index contributed by atoms with van der Waals surface area (Å²) in [5.74, 6) is -0.769. The third-order valence-corrected chi connectivity index (χ3v) is 9.55. The molecule has 4 rings (SSSR count). The van der Waals surface area contributed by atoms with Gasteiger partial charge in [0.05, 0.1) is 6.61 Å². The highest BCUT2D eigenvalue weighted by molar-refractivity contribution is 7.99. The summed E-state index contributed by atoms with van der Waals surface area (Å²) in [6, 6.07) is 28.7. The third kappa shape index (κ3) is 9.49. The number of thioether (sulfide) groups is 4. The Morgan fingerprint density at radius 2 is 0.977 bits per heavy atom. The number of carbonyl (C=O) groups is 2. The minimum atomic E-state index is -1.92. The van der Waals surface area contributed by atoms with E-state index in [1.54, 1.807) is 95.6 Å². The predicted molar refractivity (Wildman–Crippen MR) is 184 cm³/mol. The molecule has 0 aliphatic carbocycles. The number of aliphatic hydroxyl groups is 3. The first-order chi connectivity index (χ1) is 20.2. The summed E-state index contributed by atoms with van der Waals surface area (Å²) in [5.41, 5.74) is 0.0127. The molecule has 2 unspecified atom stereocenters. The van der Waals surface area contributed by atoms with Crippen LogP contribution in [0.4, 0.5) is 0 Å². The average Bonchev–Trinajstić information content (AvgIpc) is 3.07. The maximum atomic E-state index is 12.6. The quantitative estimate of drug-likeness (QED) is 0.110. The second-order valence-electron chi connectivity index (χ2n) is 9.07. The van der Waals surface area contributed by atoms with Crippen molar-refractivity contribution in [3.8, 4) is 0 Å². The van der Waals surface area contributed by atoms with Crippen molar-refractivity contribution >= 4 is 58.6 Å². The molecule has 43 heavy (non-hydrogen) atoms. The van der Waals surface area contributed by atoms with E-state index in [9.17, 15) is 24.9 Å². The van der Waals surface area contributed by atoms with E-state index >= 15 is 0 Å². The SMILES string of the molecule is C.CSc1ccc(C(=O)C(O)(CO)c2ccc(SC)cc2)cc1.CSc1ccc(C(=O)C(O)c2ccc(SC)cc2)cc1. The Morgan fingerprint density at radius 1 is 0.628 bits per heavy atom. The summed E-state index contributed by atoms with van der Waals surface area (Å²) in [6.07, 6.45) is 6.77. The molecule has 9 heteroatoms. The van der Waals surface area contributed by atoms with Gasteiger partial charge in [-0.3, -0.25) is 9.59 Å². The molecule has 0 heterocycles. The molecule has 0 spiro atoms. The molecule has 0 aliphatic heterocycles. The van der Waals surface area contributed by atoms with Crippen LogP contribution in [0.15, 0.2) is 117 Å². The van der Waals surface area contributed by atoms with E-state index in [-0.39, 0.29) is 13.2 Å². The number of rotatable bonds is 11. The maximum absolute atomic E-state index is 12.6. The van der Waals surface area contributed by atoms with Crippen molar-refractivity contribution in [3.63, 3.8) is 0 Å². The van der Waals surface area contributed by atoms with E-state index in [0.717, 1.165) is 19.6 Å². The van der Waals surface area contributed by atoms with E-state index in [2.05, 4.69) is 0 Å². The van der Waals surface area contributed by atoms with Crippen molar-refractivity contribution in [1.82, 2.24) is 0 Å². The van der Waals surface area contributed by atoms with Gasteiger partial charge in [0.2, 0.25) is 5.78 Å². The average molecular weight is 655 g/mol. The van der Waals surface area contributed by atoms with E-state index in [4.69, 9.17) is 0 Å². The number of hydrogen-bond donors (Lipinski definition) is 3. The maximum Gasteiger partial charge on any atom is 0.201 e. The zero-order valence-electron chi connectivity index (χ0n) is 23.8. The van der Waals surface area contributed by atoms with Gasteiger partial charge in [0.25, 0.3) is 0 Å². The lowest BCUT2D eigenvalue weighted by Gasteiger charge is -2.25. The van der Waals surface area contributed by atoms with Gasteiger partial charge in [-0.15, -0.1) is 47.0 Å². The van der Waals surface area contributed by atoms with Crippen molar-refractivity contribution in [2.24, 2.45) is 0 Å². The lowest BCUT2D eigenvalue weighted by molar-refractivity contribution is -0.00403. The Morgan fingerprint density at radius 3 is 1.35 bits per heavy atom. The molecule has 0 bridgehead atoms. The van der Waals surface area contributed by atoms with E-state index in [1.165, 1.54) is 0 Å². The van der Waals surface area contributed by atoms with Gasteiger partial charge in [0.1, 0.15) is 6.10 Å². The van der Waals surface area contributed by atoms with Gasteiger partial charge in [-0.05, 0) is 84.7 Å². The zero-order chi connectivity index (χ0) is 30.7. The van der Waals surface area contributed by atoms with Gasteiger partial charge >= 0.3 is 0 Å². The van der Waals surface area contributed by atoms with Crippen LogP contribution in [0.3, 0.4) is 0 Å². The smallest absolute Gasteiger partial charge is 0.201 e. The highest BCUT2D eigenvalue weighted by Crippen LogP contribution is 2.28. The van der Waals surface area contributed by atoms with Gasteiger partial charge in [-0.1, -0.05) is 56.0 Å². The summed E-state index contributed by atoms with van der Waals surface area (Å²) in [4.78, 5) is 29.1. The second kappa shape index (κ2) is 17.7. The molecule has 5 nitrogen and oxygen atoms in total. The van der Waals surface area contributed by atoms with Crippen molar-refractivity contribution < 1.29 is 24.9 Å². The molecule has 0 saturated carbocycles. The first-order valence-electron chi connectivity index (χ1n) is 12.9. The number of carbonyl (C=O) groups excluding carboxylic acids is 2. The van der Waals surface area contributed by atoms with Crippen LogP contribution in [0.5, 0.6) is 0 Å². The number of aliphatic hydroxyl groups excluding tert-OH is 2. The predicted octanol–water partition coefficient (Wildman–Crippen LogP) is 7.88. The summed E-state index contributed by atoms with van der Waals surface area (Å²) < 4.78 is 0. The Labute approximate surface area is 271 Å². The summed E-state index contributed by atoms with van der Waals surface area (Å²) in [5, 5.41) is 30.5. The topological polar surface area (TPSA) is 94.8 Å². The van der Waals surface area contributed by atoms with Gasteiger partial charge < -0.3 is 15.3 Å². The largest absolute Gasteiger partial charge is 0.393 e. The van der Waals surface area contributed by atoms with Crippen molar-refractivity contribution in [3.05, 3.63) is 119 Å². The van der Waals surface area contributed by atoms with Crippen LogP contribution in [0, 0.1) is 0 Å². The molecule has 4 aromatic carbocycles. The number of benzene rings is 4. The normalized spacial score (nSPS) is 12.6. The molecule has 0 fully saturated rings. The van der Waals surface area contributed by atoms with Crippen molar-refractivity contribution in [1.29, 1.82) is 0 Å². The van der Waals surface area contributed by atoms with Crippen LogP contribution in [-0.2, 0) is 5.60 Å². The zero-order valence-corrected chi connectivity index (χ0v) is 27.1. The fourth-order valence-electron chi connectivity index (χ4n) is 3.99. The first-order valence-corrected chi connectivity index (χ1v) is 17.8. The molecule has 0 radical (unpaired) electrons. The summed E-state index contributed by atoms with van der Waals surface area (Å²) >= 11 is 6.40. The monoisotopic (exact) mass is 654 g/mol. The minimum Gasteiger partial charge on any atom is -0.393 e. The summed E-state index contributed by atoms with van der Waals surface area (Å²) in [7, 11) is 0. The number of ketones is 2. The Hall–Kier alpha value is -2.50. The van der Waals surface area contributed by atoms with Gasteiger partial charge in [0.15, 0.2) is 11.4 Å². The van der Waals surface area contributed by atoms with Crippen LogP contribution in [0.1, 0.15) is 45.4 Å². The fraction of sp³-hybridized carbons (Fsp3) is 0.235. The third-order valence-electron chi connectivity index (χ3n) is 6.58. The van der Waals surface area contributed by atoms with E-state index < -0.39 is 24.1 Å². The van der Waals surface area contributed by atoms with Crippen molar-refractivity contribution in [2.45, 2.75) is 38.7 Å². The minimum absolute atomic E-state index is 0. The molecule has 228 valence electrons. The van der Waals surface area contributed by atoms with Crippen molar-refractivity contribution in [2.75, 3.05) is 31.6 Å². The Bertz CT molecular complexity index is 1440. The lowest BCUT2D eigenvalue weighted by atomic mass is 9.86. The Kier molecular flexibility index (Phi) is 15.1. The molecular weight excluding hydrogens is 617 g/mol. The standard InChI is InChI=1S/C17H18O3S2.C16H16O2S2.CH4/c1-21-14-7-3-12(4-8-14)16(19)17(20,11-18)13-5-9-15(22-2)10-6-13;1-19-13-7-3-11(4-8-13)15(17)16(18)12-5-9-14(20-2)10-6-12;/h3-10,18,20H,11H2,1-2H3;3-10,15,17H,1-2H3;1H4. The molecule has 0 aromatic heterocycles. The molecule has 3 N–H and O–H groups in total.